The fourth-order valence-corrected chi connectivity index (χ4v) is 8.37. The van der Waals surface area contributed by atoms with Gasteiger partial charge in [0.15, 0.2) is 11.4 Å². The molecule has 0 spiro atoms. The van der Waals surface area contributed by atoms with Gasteiger partial charge in [-0.1, -0.05) is 132 Å². The first kappa shape index (κ1) is 51.5. The average molecular weight is 1020 g/mol. The number of hydrogen-bond acceptors (Lipinski definition) is 13. The number of carboxylic acids is 1. The van der Waals surface area contributed by atoms with E-state index < -0.39 is 11.9 Å². The van der Waals surface area contributed by atoms with Crippen molar-refractivity contribution in [3.63, 3.8) is 0 Å². The molecule has 0 radical (unpaired) electrons. The Hall–Kier alpha value is -9.44. The van der Waals surface area contributed by atoms with Crippen molar-refractivity contribution in [2.24, 2.45) is 0 Å². The zero-order valence-corrected chi connectivity index (χ0v) is 42.4. The first-order valence-corrected chi connectivity index (χ1v) is 25.0. The summed E-state index contributed by atoms with van der Waals surface area (Å²) in [7, 11) is 0. The molecule has 0 atom stereocenters. The fraction of sp³-hybridized carbons (Fsp3) is 0.200. The number of rotatable bonds is 21. The van der Waals surface area contributed by atoms with Crippen LogP contribution in [0.1, 0.15) is 84.5 Å². The van der Waals surface area contributed by atoms with Crippen molar-refractivity contribution in [2.45, 2.75) is 59.5 Å². The van der Waals surface area contributed by atoms with Gasteiger partial charge in [-0.3, -0.25) is 0 Å². The third-order valence-corrected chi connectivity index (χ3v) is 12.3. The lowest BCUT2D eigenvalue weighted by Gasteiger charge is -2.10. The van der Waals surface area contributed by atoms with E-state index in [0.717, 1.165) is 67.8 Å². The monoisotopic (exact) mass is 1020 g/mol. The van der Waals surface area contributed by atoms with Crippen LogP contribution in [0.5, 0.6) is 11.5 Å². The summed E-state index contributed by atoms with van der Waals surface area (Å²) in [5.41, 5.74) is 9.08. The Kier molecular flexibility index (Phi) is 16.9. The molecule has 4 heterocycles. The second-order valence-corrected chi connectivity index (χ2v) is 17.7. The molecule has 0 amide bonds. The van der Waals surface area contributed by atoms with E-state index in [0.29, 0.717) is 75.2 Å². The van der Waals surface area contributed by atoms with E-state index in [9.17, 15) is 14.7 Å². The van der Waals surface area contributed by atoms with Crippen molar-refractivity contribution in [1.29, 1.82) is 0 Å². The highest BCUT2D eigenvalue weighted by molar-refractivity contribution is 5.88. The number of aromatic carboxylic acids is 1. The van der Waals surface area contributed by atoms with Crippen LogP contribution in [0.4, 0.5) is 0 Å². The van der Waals surface area contributed by atoms with E-state index in [4.69, 9.17) is 23.0 Å². The van der Waals surface area contributed by atoms with Crippen LogP contribution in [0.3, 0.4) is 0 Å². The number of ether oxygens (including phenoxy) is 3. The highest BCUT2D eigenvalue weighted by Gasteiger charge is 2.23. The van der Waals surface area contributed by atoms with Gasteiger partial charge in [-0.25, -0.2) is 28.9 Å². The third-order valence-electron chi connectivity index (χ3n) is 12.3. The van der Waals surface area contributed by atoms with Crippen LogP contribution in [0.25, 0.3) is 22.9 Å². The molecule has 0 bridgehead atoms. The number of aryl methyl sites for hydroxylation is 2. The van der Waals surface area contributed by atoms with Crippen LogP contribution >= 0.6 is 0 Å². The maximum atomic E-state index is 12.5. The van der Waals surface area contributed by atoms with Gasteiger partial charge in [0.2, 0.25) is 11.8 Å². The molecule has 16 nitrogen and oxygen atoms in total. The number of benzene rings is 6. The quantitative estimate of drug-likeness (QED) is 0.0668. The molecule has 0 aliphatic carbocycles. The number of carbonyl (C=O) groups excluding carboxylic acids is 1. The molecule has 6 aromatic carbocycles. The summed E-state index contributed by atoms with van der Waals surface area (Å²) in [4.78, 5) is 33.7. The highest BCUT2D eigenvalue weighted by atomic mass is 16.5. The average Bonchev–Trinajstić information content (AvgIpc) is 4.24. The molecule has 1 N–H and O–H groups in total. The summed E-state index contributed by atoms with van der Waals surface area (Å²) in [6, 6.07) is 54.6. The van der Waals surface area contributed by atoms with Crippen LogP contribution in [0.15, 0.2) is 179 Å². The molecule has 10 rings (SSSR count). The molecule has 0 aliphatic rings. The molecule has 10 aromatic rings. The number of nitrogens with zero attached hydrogens (tertiary/aromatic N) is 8. The van der Waals surface area contributed by atoms with Crippen LogP contribution in [0.2, 0.25) is 0 Å². The summed E-state index contributed by atoms with van der Waals surface area (Å²) in [6.45, 7) is 7.67. The van der Waals surface area contributed by atoms with Gasteiger partial charge in [-0.15, -0.1) is 10.2 Å². The van der Waals surface area contributed by atoms with Crippen LogP contribution in [-0.4, -0.2) is 76.8 Å². The SMILES string of the molecule is CCOC(=O)c1nnn(Cc2ccccc2)c1Cc1ccc(OCCc2nc(-c3ccccc3)oc2C)cc1.Cc1oc(-c2ccccc2)nc1CCOc1ccc(Cc2nnn(Cc3ccccc3)c2C(=O)O)cc1. The van der Waals surface area contributed by atoms with Crippen molar-refractivity contribution in [1.82, 2.24) is 40.0 Å². The maximum Gasteiger partial charge on any atom is 0.360 e. The predicted octanol–water partition coefficient (Wildman–Crippen LogP) is 10.9. The van der Waals surface area contributed by atoms with E-state index in [-0.39, 0.29) is 18.0 Å². The molecule has 0 fully saturated rings. The predicted molar refractivity (Wildman–Crippen MR) is 284 cm³/mol. The third kappa shape index (κ3) is 13.4. The number of esters is 1. The Balaban J connectivity index is 0.000000186. The fourth-order valence-electron chi connectivity index (χ4n) is 8.37. The lowest BCUT2D eigenvalue weighted by Crippen LogP contribution is -2.12. The second kappa shape index (κ2) is 25.0. The Bertz CT molecular complexity index is 3450. The van der Waals surface area contributed by atoms with Gasteiger partial charge in [0.1, 0.15) is 28.7 Å². The van der Waals surface area contributed by atoms with Crippen molar-refractivity contribution in [3.05, 3.63) is 238 Å². The van der Waals surface area contributed by atoms with Crippen LogP contribution in [-0.2, 0) is 43.5 Å². The molecule has 0 saturated heterocycles. The number of oxazole rings is 2. The standard InChI is InChI=1S/C31H30N4O4.C29H26N4O4/c1-3-37-31(36)29-28(35(34-33-29)21-24-10-6-4-7-11-24)20-23-14-16-26(17-15-23)38-19-18-27-22(2)39-30(32-27)25-12-8-5-9-13-25;1-20-25(30-28(37-20)23-10-6-3-7-11-23)16-17-36-24-14-12-21(13-15-24)18-26-27(29(34)35)33(32-31-26)19-22-8-4-2-5-9-22/h4-17H,3,18-21H2,1-2H3;2-15H,16-19H2,1H3,(H,34,35). The van der Waals surface area contributed by atoms with Crippen molar-refractivity contribution in [3.8, 4) is 34.4 Å². The summed E-state index contributed by atoms with van der Waals surface area (Å²) in [5.74, 6) is 2.77. The van der Waals surface area contributed by atoms with Crippen molar-refractivity contribution >= 4 is 11.9 Å². The first-order chi connectivity index (χ1) is 37.2. The van der Waals surface area contributed by atoms with Gasteiger partial charge < -0.3 is 28.2 Å². The van der Waals surface area contributed by atoms with Gasteiger partial charge in [-0.2, -0.15) is 0 Å². The normalized spacial score (nSPS) is 10.9. The zero-order valence-electron chi connectivity index (χ0n) is 42.4. The number of carbonyl (C=O) groups is 2. The van der Waals surface area contributed by atoms with E-state index in [1.807, 2.05) is 184 Å². The van der Waals surface area contributed by atoms with Crippen LogP contribution in [0, 0.1) is 13.8 Å². The molecule has 384 valence electrons. The van der Waals surface area contributed by atoms with Gasteiger partial charge in [-0.05, 0) is 91.6 Å². The smallest absolute Gasteiger partial charge is 0.360 e. The zero-order chi connectivity index (χ0) is 52.6. The summed E-state index contributed by atoms with van der Waals surface area (Å²) in [5, 5.41) is 26.4. The number of hydrogen-bond donors (Lipinski definition) is 1. The lowest BCUT2D eigenvalue weighted by atomic mass is 10.1. The Labute approximate surface area is 439 Å². The van der Waals surface area contributed by atoms with E-state index in [2.05, 4.69) is 30.6 Å². The molecule has 0 saturated carbocycles. The van der Waals surface area contributed by atoms with Gasteiger partial charge in [0.05, 0.1) is 50.0 Å². The molecule has 16 heteroatoms. The van der Waals surface area contributed by atoms with Crippen molar-refractivity contribution < 1.29 is 37.7 Å². The molecule has 4 aromatic heterocycles. The second-order valence-electron chi connectivity index (χ2n) is 17.7. The van der Waals surface area contributed by atoms with E-state index in [1.54, 1.807) is 11.6 Å². The lowest BCUT2D eigenvalue weighted by molar-refractivity contribution is 0.0517. The van der Waals surface area contributed by atoms with Gasteiger partial charge in [0, 0.05) is 36.8 Å². The Morgan fingerprint density at radius 3 is 1.45 bits per heavy atom. The molecular weight excluding hydrogens is 961 g/mol. The number of aromatic nitrogens is 8. The Morgan fingerprint density at radius 1 is 0.526 bits per heavy atom. The van der Waals surface area contributed by atoms with Gasteiger partial charge in [0.25, 0.3) is 0 Å². The topological polar surface area (TPSA) is 196 Å². The molecule has 0 unspecified atom stereocenters. The summed E-state index contributed by atoms with van der Waals surface area (Å²) < 4.78 is 32.0. The molecule has 76 heavy (non-hydrogen) atoms. The van der Waals surface area contributed by atoms with Crippen LogP contribution < -0.4 is 9.47 Å². The summed E-state index contributed by atoms with van der Waals surface area (Å²) >= 11 is 0. The van der Waals surface area contributed by atoms with E-state index >= 15 is 0 Å². The minimum absolute atomic E-state index is 0.0991. The Morgan fingerprint density at radius 2 is 0.974 bits per heavy atom. The highest BCUT2D eigenvalue weighted by Crippen LogP contribution is 2.25. The van der Waals surface area contributed by atoms with Crippen molar-refractivity contribution in [2.75, 3.05) is 19.8 Å². The first-order valence-electron chi connectivity index (χ1n) is 25.0. The number of carboxylic acid groups (broad SMARTS) is 1. The molecule has 0 aliphatic heterocycles. The van der Waals surface area contributed by atoms with E-state index in [1.165, 1.54) is 4.68 Å². The largest absolute Gasteiger partial charge is 0.493 e. The molecular formula is C60H56N8O8. The minimum atomic E-state index is -1.05. The van der Waals surface area contributed by atoms with Gasteiger partial charge >= 0.3 is 11.9 Å². The summed E-state index contributed by atoms with van der Waals surface area (Å²) in [6.07, 6.45) is 2.10. The maximum absolute atomic E-state index is 12.5. The minimum Gasteiger partial charge on any atom is -0.493 e.